The standard InChI is InChI=1S/C26H45N5O2.ClH/c1-9-10-13-31-23(32)20(16-17(2)3)27-24(33)26(31)11-14-30(15-12-26)22(25(6,7)8)21-18(4)28-29-19(21)5;/h17,20,22H,9-16H2,1-8H3,(H,27,33)(H,28,29);1H/t20-,22?;/m0./s1. The van der Waals surface area contributed by atoms with E-state index in [1.165, 1.54) is 5.56 Å². The fourth-order valence-electron chi connectivity index (χ4n) is 5.92. The first-order chi connectivity index (χ1) is 15.4. The molecule has 2 amide bonds. The SMILES string of the molecule is CCCCN1C(=O)[C@H](CC(C)C)NC(=O)C12CCN(C(c1c(C)n[nH]c1C)C(C)(C)C)CC2.Cl. The maximum absolute atomic E-state index is 13.6. The molecule has 8 heteroatoms. The lowest BCUT2D eigenvalue weighted by atomic mass is 9.76. The summed E-state index contributed by atoms with van der Waals surface area (Å²) in [7, 11) is 0. The lowest BCUT2D eigenvalue weighted by Crippen LogP contribution is -2.73. The van der Waals surface area contributed by atoms with E-state index in [4.69, 9.17) is 0 Å². The highest BCUT2D eigenvalue weighted by molar-refractivity contribution is 6.00. The van der Waals surface area contributed by atoms with Crippen LogP contribution in [0.5, 0.6) is 0 Å². The molecule has 194 valence electrons. The van der Waals surface area contributed by atoms with Crippen molar-refractivity contribution in [1.29, 1.82) is 0 Å². The number of rotatable bonds is 7. The van der Waals surface area contributed by atoms with Gasteiger partial charge in [0.05, 0.1) is 5.69 Å². The van der Waals surface area contributed by atoms with E-state index < -0.39 is 11.6 Å². The first kappa shape index (κ1) is 28.6. The molecule has 2 aliphatic rings. The number of piperidine rings is 1. The van der Waals surface area contributed by atoms with Crippen LogP contribution in [0.4, 0.5) is 0 Å². The quantitative estimate of drug-likeness (QED) is 0.581. The van der Waals surface area contributed by atoms with Gasteiger partial charge in [-0.2, -0.15) is 5.10 Å². The van der Waals surface area contributed by atoms with E-state index in [0.717, 1.165) is 37.3 Å². The van der Waals surface area contributed by atoms with Crippen molar-refractivity contribution in [2.45, 2.75) is 105 Å². The molecule has 0 bridgehead atoms. The van der Waals surface area contributed by atoms with Gasteiger partial charge in [-0.1, -0.05) is 48.0 Å². The summed E-state index contributed by atoms with van der Waals surface area (Å²) in [4.78, 5) is 31.5. The van der Waals surface area contributed by atoms with Crippen LogP contribution in [0, 0.1) is 25.2 Å². The minimum Gasteiger partial charge on any atom is -0.342 e. The summed E-state index contributed by atoms with van der Waals surface area (Å²) in [5.41, 5.74) is 2.71. The topological polar surface area (TPSA) is 81.3 Å². The number of hydrogen-bond acceptors (Lipinski definition) is 4. The third-order valence-electron chi connectivity index (χ3n) is 7.52. The highest BCUT2D eigenvalue weighted by atomic mass is 35.5. The van der Waals surface area contributed by atoms with Gasteiger partial charge in [-0.15, -0.1) is 12.4 Å². The Morgan fingerprint density at radius 1 is 1.15 bits per heavy atom. The number of aromatic amines is 1. The van der Waals surface area contributed by atoms with Crippen molar-refractivity contribution in [2.24, 2.45) is 11.3 Å². The zero-order chi connectivity index (χ0) is 24.6. The number of unbranched alkanes of at least 4 members (excludes halogenated alkanes) is 1. The average molecular weight is 496 g/mol. The van der Waals surface area contributed by atoms with Crippen molar-refractivity contribution in [3.8, 4) is 0 Å². The van der Waals surface area contributed by atoms with Crippen molar-refractivity contribution < 1.29 is 9.59 Å². The molecule has 2 fully saturated rings. The summed E-state index contributed by atoms with van der Waals surface area (Å²) in [6.07, 6.45) is 3.97. The van der Waals surface area contributed by atoms with Crippen molar-refractivity contribution in [1.82, 2.24) is 25.3 Å². The minimum atomic E-state index is -0.723. The maximum Gasteiger partial charge on any atom is 0.246 e. The number of likely N-dealkylation sites (tertiary alicyclic amines) is 1. The molecule has 1 aromatic heterocycles. The predicted octanol–water partition coefficient (Wildman–Crippen LogP) is 4.54. The van der Waals surface area contributed by atoms with Gasteiger partial charge in [0.25, 0.3) is 0 Å². The molecule has 1 unspecified atom stereocenters. The molecule has 0 aliphatic carbocycles. The molecule has 2 aliphatic heterocycles. The third kappa shape index (κ3) is 5.46. The summed E-state index contributed by atoms with van der Waals surface area (Å²) in [6.45, 7) is 19.5. The minimum absolute atomic E-state index is 0. The van der Waals surface area contributed by atoms with E-state index in [-0.39, 0.29) is 35.7 Å². The summed E-state index contributed by atoms with van der Waals surface area (Å²) in [5, 5.41) is 10.7. The molecule has 34 heavy (non-hydrogen) atoms. The van der Waals surface area contributed by atoms with Gasteiger partial charge in [-0.25, -0.2) is 0 Å². The Morgan fingerprint density at radius 2 is 1.76 bits per heavy atom. The molecule has 0 radical (unpaired) electrons. The van der Waals surface area contributed by atoms with Crippen LogP contribution in [0.15, 0.2) is 0 Å². The first-order valence-corrected chi connectivity index (χ1v) is 12.8. The molecule has 1 spiro atoms. The van der Waals surface area contributed by atoms with Crippen LogP contribution in [0.3, 0.4) is 0 Å². The van der Waals surface area contributed by atoms with Crippen LogP contribution in [-0.2, 0) is 9.59 Å². The van der Waals surface area contributed by atoms with Gasteiger partial charge in [-0.3, -0.25) is 19.6 Å². The zero-order valence-corrected chi connectivity index (χ0v) is 23.3. The smallest absolute Gasteiger partial charge is 0.246 e. The van der Waals surface area contributed by atoms with Crippen LogP contribution in [0.2, 0.25) is 0 Å². The number of hydrogen-bond donors (Lipinski definition) is 2. The van der Waals surface area contributed by atoms with Gasteiger partial charge < -0.3 is 10.2 Å². The molecule has 0 aromatic carbocycles. The van der Waals surface area contributed by atoms with E-state index >= 15 is 0 Å². The van der Waals surface area contributed by atoms with Gasteiger partial charge in [0.2, 0.25) is 11.8 Å². The zero-order valence-electron chi connectivity index (χ0n) is 22.5. The van der Waals surface area contributed by atoms with Crippen LogP contribution in [0.25, 0.3) is 0 Å². The summed E-state index contributed by atoms with van der Waals surface area (Å²) < 4.78 is 0. The Labute approximate surface area is 212 Å². The van der Waals surface area contributed by atoms with Gasteiger partial charge in [0.15, 0.2) is 0 Å². The van der Waals surface area contributed by atoms with Crippen molar-refractivity contribution >= 4 is 24.2 Å². The Balaban J connectivity index is 0.00000408. The number of amides is 2. The van der Waals surface area contributed by atoms with Crippen molar-refractivity contribution in [3.63, 3.8) is 0 Å². The van der Waals surface area contributed by atoms with Gasteiger partial charge >= 0.3 is 0 Å². The molecular weight excluding hydrogens is 450 g/mol. The van der Waals surface area contributed by atoms with Crippen molar-refractivity contribution in [3.05, 3.63) is 17.0 Å². The number of carbonyl (C=O) groups is 2. The monoisotopic (exact) mass is 495 g/mol. The Kier molecular flexibility index (Phi) is 9.25. The number of aryl methyl sites for hydroxylation is 2. The highest BCUT2D eigenvalue weighted by Crippen LogP contribution is 2.44. The Hall–Kier alpha value is -1.60. The number of aromatic nitrogens is 2. The molecule has 2 N–H and O–H groups in total. The average Bonchev–Trinajstić information content (AvgIpc) is 3.05. The molecule has 2 atom stereocenters. The lowest BCUT2D eigenvalue weighted by Gasteiger charge is -2.54. The molecule has 7 nitrogen and oxygen atoms in total. The fourth-order valence-corrected chi connectivity index (χ4v) is 5.92. The summed E-state index contributed by atoms with van der Waals surface area (Å²) in [5.74, 6) is 0.516. The predicted molar refractivity (Wildman–Crippen MR) is 139 cm³/mol. The van der Waals surface area contributed by atoms with Gasteiger partial charge in [-0.05, 0) is 50.9 Å². The van der Waals surface area contributed by atoms with Crippen LogP contribution in [0.1, 0.15) is 96.6 Å². The van der Waals surface area contributed by atoms with Gasteiger partial charge in [0.1, 0.15) is 11.6 Å². The maximum atomic E-state index is 13.6. The lowest BCUT2D eigenvalue weighted by molar-refractivity contribution is -0.162. The molecular formula is C26H46ClN5O2. The second kappa shape index (κ2) is 11.0. The van der Waals surface area contributed by atoms with Crippen LogP contribution >= 0.6 is 12.4 Å². The fraction of sp³-hybridized carbons (Fsp3) is 0.808. The molecule has 3 rings (SSSR count). The van der Waals surface area contributed by atoms with E-state index in [1.807, 2.05) is 4.90 Å². The normalized spacial score (nSPS) is 22.1. The largest absolute Gasteiger partial charge is 0.342 e. The third-order valence-corrected chi connectivity index (χ3v) is 7.52. The number of H-pyrrole nitrogens is 1. The molecule has 1 aromatic rings. The first-order valence-electron chi connectivity index (χ1n) is 12.8. The van der Waals surface area contributed by atoms with Gasteiger partial charge in [0, 0.05) is 36.9 Å². The second-order valence-electron chi connectivity index (χ2n) is 11.7. The summed E-state index contributed by atoms with van der Waals surface area (Å²) in [6, 6.07) is -0.190. The number of carbonyl (C=O) groups excluding carboxylic acids is 2. The van der Waals surface area contributed by atoms with Crippen molar-refractivity contribution in [2.75, 3.05) is 19.6 Å². The van der Waals surface area contributed by atoms with E-state index in [1.54, 1.807) is 0 Å². The Bertz CT molecular complexity index is 832. The molecule has 3 heterocycles. The second-order valence-corrected chi connectivity index (χ2v) is 11.7. The number of piperazine rings is 1. The molecule has 0 saturated carbocycles. The number of nitrogens with one attached hydrogen (secondary N) is 2. The number of nitrogens with zero attached hydrogens (tertiary/aromatic N) is 3. The Morgan fingerprint density at radius 3 is 2.24 bits per heavy atom. The highest BCUT2D eigenvalue weighted by Gasteiger charge is 2.54. The summed E-state index contributed by atoms with van der Waals surface area (Å²) >= 11 is 0. The van der Waals surface area contributed by atoms with Crippen LogP contribution in [-0.4, -0.2) is 63.0 Å². The van der Waals surface area contributed by atoms with Crippen LogP contribution < -0.4 is 5.32 Å². The van der Waals surface area contributed by atoms with E-state index in [2.05, 4.69) is 75.8 Å². The van der Waals surface area contributed by atoms with E-state index in [0.29, 0.717) is 31.7 Å². The number of halogens is 1. The molecule has 2 saturated heterocycles. The van der Waals surface area contributed by atoms with E-state index in [9.17, 15) is 9.59 Å².